The minimum absolute atomic E-state index is 0.251. The standard InChI is InChI=1S/C12H23N3O/c1-10-3-6-14(7-4-10)12(16)15-8-5-13-9-11(15)2/h10-11,13H,3-9H2,1-2H3/t11-/m0/s1. The molecule has 0 bridgehead atoms. The highest BCUT2D eigenvalue weighted by molar-refractivity contribution is 5.75. The molecule has 2 aliphatic rings. The van der Waals surface area contributed by atoms with Crippen molar-refractivity contribution in [2.75, 3.05) is 32.7 Å². The Balaban J connectivity index is 1.90. The predicted octanol–water partition coefficient (Wildman–Crippen LogP) is 1.13. The summed E-state index contributed by atoms with van der Waals surface area (Å²) in [5, 5.41) is 3.32. The van der Waals surface area contributed by atoms with Crippen LogP contribution in [0, 0.1) is 5.92 Å². The van der Waals surface area contributed by atoms with Crippen LogP contribution in [0.3, 0.4) is 0 Å². The lowest BCUT2D eigenvalue weighted by Gasteiger charge is -2.39. The second kappa shape index (κ2) is 5.04. The van der Waals surface area contributed by atoms with E-state index < -0.39 is 0 Å². The zero-order chi connectivity index (χ0) is 11.5. The van der Waals surface area contributed by atoms with Gasteiger partial charge in [0, 0.05) is 38.8 Å². The van der Waals surface area contributed by atoms with Crippen molar-refractivity contribution < 1.29 is 4.79 Å². The van der Waals surface area contributed by atoms with E-state index in [1.165, 1.54) is 0 Å². The highest BCUT2D eigenvalue weighted by Crippen LogP contribution is 2.18. The number of likely N-dealkylation sites (tertiary alicyclic amines) is 1. The van der Waals surface area contributed by atoms with Crippen molar-refractivity contribution in [3.05, 3.63) is 0 Å². The fourth-order valence-electron chi connectivity index (χ4n) is 2.51. The quantitative estimate of drug-likeness (QED) is 0.671. The molecule has 2 aliphatic heterocycles. The number of carbonyl (C=O) groups excluding carboxylic acids is 1. The largest absolute Gasteiger partial charge is 0.325 e. The topological polar surface area (TPSA) is 35.6 Å². The van der Waals surface area contributed by atoms with Crippen molar-refractivity contribution in [3.8, 4) is 0 Å². The second-order valence-electron chi connectivity index (χ2n) is 5.20. The van der Waals surface area contributed by atoms with Gasteiger partial charge in [-0.1, -0.05) is 6.92 Å². The molecule has 2 amide bonds. The molecule has 4 heteroatoms. The molecule has 0 unspecified atom stereocenters. The average molecular weight is 225 g/mol. The van der Waals surface area contributed by atoms with Crippen LogP contribution in [0.25, 0.3) is 0 Å². The van der Waals surface area contributed by atoms with Gasteiger partial charge in [0.15, 0.2) is 0 Å². The van der Waals surface area contributed by atoms with Crippen LogP contribution in [-0.2, 0) is 0 Å². The third kappa shape index (κ3) is 2.48. The van der Waals surface area contributed by atoms with E-state index in [-0.39, 0.29) is 6.03 Å². The molecular weight excluding hydrogens is 202 g/mol. The first-order valence-electron chi connectivity index (χ1n) is 6.44. The maximum absolute atomic E-state index is 12.3. The number of amides is 2. The minimum atomic E-state index is 0.251. The van der Waals surface area contributed by atoms with Crippen LogP contribution < -0.4 is 5.32 Å². The minimum Gasteiger partial charge on any atom is -0.325 e. The van der Waals surface area contributed by atoms with E-state index in [9.17, 15) is 4.79 Å². The van der Waals surface area contributed by atoms with Crippen molar-refractivity contribution in [2.24, 2.45) is 5.92 Å². The summed E-state index contributed by atoms with van der Waals surface area (Å²) in [5.41, 5.74) is 0. The third-order valence-corrected chi connectivity index (χ3v) is 3.80. The summed E-state index contributed by atoms with van der Waals surface area (Å²) in [5.74, 6) is 0.782. The van der Waals surface area contributed by atoms with Crippen LogP contribution in [0.4, 0.5) is 4.79 Å². The van der Waals surface area contributed by atoms with Crippen LogP contribution in [0.1, 0.15) is 26.7 Å². The maximum Gasteiger partial charge on any atom is 0.320 e. The first-order valence-corrected chi connectivity index (χ1v) is 6.44. The molecule has 92 valence electrons. The van der Waals surface area contributed by atoms with Gasteiger partial charge < -0.3 is 15.1 Å². The fraction of sp³-hybridized carbons (Fsp3) is 0.917. The molecule has 2 rings (SSSR count). The van der Waals surface area contributed by atoms with E-state index in [1.54, 1.807) is 0 Å². The van der Waals surface area contributed by atoms with Gasteiger partial charge in [0.25, 0.3) is 0 Å². The van der Waals surface area contributed by atoms with Gasteiger partial charge in [-0.15, -0.1) is 0 Å². The molecule has 0 aromatic heterocycles. The smallest absolute Gasteiger partial charge is 0.320 e. The summed E-state index contributed by atoms with van der Waals surface area (Å²) < 4.78 is 0. The Kier molecular flexibility index (Phi) is 3.69. The lowest BCUT2D eigenvalue weighted by atomic mass is 9.99. The van der Waals surface area contributed by atoms with Crippen LogP contribution in [0.15, 0.2) is 0 Å². The van der Waals surface area contributed by atoms with Crippen LogP contribution in [0.5, 0.6) is 0 Å². The lowest BCUT2D eigenvalue weighted by molar-refractivity contribution is 0.112. The van der Waals surface area contributed by atoms with Gasteiger partial charge >= 0.3 is 6.03 Å². The van der Waals surface area contributed by atoms with Crippen molar-refractivity contribution in [2.45, 2.75) is 32.7 Å². The average Bonchev–Trinajstić information content (AvgIpc) is 2.30. The molecule has 16 heavy (non-hydrogen) atoms. The number of piperidine rings is 1. The highest BCUT2D eigenvalue weighted by Gasteiger charge is 2.28. The molecule has 0 aliphatic carbocycles. The van der Waals surface area contributed by atoms with E-state index in [4.69, 9.17) is 0 Å². The first kappa shape index (κ1) is 11.7. The van der Waals surface area contributed by atoms with E-state index in [0.717, 1.165) is 51.5 Å². The summed E-state index contributed by atoms with van der Waals surface area (Å²) in [4.78, 5) is 16.3. The van der Waals surface area contributed by atoms with E-state index in [2.05, 4.69) is 19.2 Å². The van der Waals surface area contributed by atoms with Crippen molar-refractivity contribution >= 4 is 6.03 Å². The number of rotatable bonds is 0. The molecule has 2 fully saturated rings. The first-order chi connectivity index (χ1) is 7.68. The Morgan fingerprint density at radius 3 is 2.50 bits per heavy atom. The molecule has 0 aromatic rings. The Morgan fingerprint density at radius 1 is 1.19 bits per heavy atom. The Bertz CT molecular complexity index is 249. The maximum atomic E-state index is 12.3. The van der Waals surface area contributed by atoms with Gasteiger partial charge in [-0.2, -0.15) is 0 Å². The molecule has 0 saturated carbocycles. The van der Waals surface area contributed by atoms with E-state index in [1.807, 2.05) is 9.80 Å². The normalized spacial score (nSPS) is 28.2. The summed E-state index contributed by atoms with van der Waals surface area (Å²) in [6.45, 7) is 8.99. The summed E-state index contributed by atoms with van der Waals surface area (Å²) in [7, 11) is 0. The number of nitrogens with zero attached hydrogens (tertiary/aromatic N) is 2. The number of piperazine rings is 1. The molecule has 0 radical (unpaired) electrons. The van der Waals surface area contributed by atoms with Crippen LogP contribution >= 0.6 is 0 Å². The highest BCUT2D eigenvalue weighted by atomic mass is 16.2. The molecule has 0 spiro atoms. The SMILES string of the molecule is CC1CCN(C(=O)N2CCNC[C@@H]2C)CC1. The fourth-order valence-corrected chi connectivity index (χ4v) is 2.51. The number of urea groups is 1. The molecule has 2 heterocycles. The van der Waals surface area contributed by atoms with Crippen LogP contribution in [-0.4, -0.2) is 54.6 Å². The Labute approximate surface area is 98.0 Å². The van der Waals surface area contributed by atoms with Gasteiger partial charge in [-0.3, -0.25) is 0 Å². The lowest BCUT2D eigenvalue weighted by Crippen LogP contribution is -2.57. The van der Waals surface area contributed by atoms with Gasteiger partial charge in [0.05, 0.1) is 0 Å². The van der Waals surface area contributed by atoms with Crippen molar-refractivity contribution in [1.29, 1.82) is 0 Å². The van der Waals surface area contributed by atoms with Crippen molar-refractivity contribution in [1.82, 2.24) is 15.1 Å². The van der Waals surface area contributed by atoms with Gasteiger partial charge in [0.2, 0.25) is 0 Å². The van der Waals surface area contributed by atoms with E-state index in [0.29, 0.717) is 6.04 Å². The predicted molar refractivity (Wildman–Crippen MR) is 64.4 cm³/mol. The Hall–Kier alpha value is -0.770. The summed E-state index contributed by atoms with van der Waals surface area (Å²) >= 11 is 0. The number of nitrogens with one attached hydrogen (secondary N) is 1. The van der Waals surface area contributed by atoms with Gasteiger partial charge in [0.1, 0.15) is 0 Å². The molecule has 0 aromatic carbocycles. The Morgan fingerprint density at radius 2 is 1.88 bits per heavy atom. The molecule has 1 N–H and O–H groups in total. The summed E-state index contributed by atoms with van der Waals surface area (Å²) in [6.07, 6.45) is 2.32. The van der Waals surface area contributed by atoms with E-state index >= 15 is 0 Å². The zero-order valence-electron chi connectivity index (χ0n) is 10.4. The molecule has 2 saturated heterocycles. The van der Waals surface area contributed by atoms with Crippen molar-refractivity contribution in [3.63, 3.8) is 0 Å². The number of hydrogen-bond donors (Lipinski definition) is 1. The number of carbonyl (C=O) groups is 1. The monoisotopic (exact) mass is 225 g/mol. The molecular formula is C12H23N3O. The zero-order valence-corrected chi connectivity index (χ0v) is 10.4. The van der Waals surface area contributed by atoms with Gasteiger partial charge in [-0.05, 0) is 25.7 Å². The summed E-state index contributed by atoms with van der Waals surface area (Å²) in [6, 6.07) is 0.585. The number of hydrogen-bond acceptors (Lipinski definition) is 2. The van der Waals surface area contributed by atoms with Crippen LogP contribution in [0.2, 0.25) is 0 Å². The third-order valence-electron chi connectivity index (χ3n) is 3.80. The molecule has 4 nitrogen and oxygen atoms in total. The van der Waals surface area contributed by atoms with Gasteiger partial charge in [-0.25, -0.2) is 4.79 Å². The second-order valence-corrected chi connectivity index (χ2v) is 5.20. The molecule has 1 atom stereocenters.